The Bertz CT molecular complexity index is 1330. The first-order valence-electron chi connectivity index (χ1n) is 12.7. The number of aryl methyl sites for hydroxylation is 1. The number of H-pyrrole nitrogens is 1. The first-order valence-corrected chi connectivity index (χ1v) is 12.7. The highest BCUT2D eigenvalue weighted by molar-refractivity contribution is 5.90. The van der Waals surface area contributed by atoms with E-state index in [1.807, 2.05) is 4.52 Å². The van der Waals surface area contributed by atoms with Gasteiger partial charge in [0.05, 0.1) is 23.3 Å². The second-order valence-electron chi connectivity index (χ2n) is 10.4. The van der Waals surface area contributed by atoms with Crippen molar-refractivity contribution in [3.05, 3.63) is 41.3 Å². The molecular formula is C27H37N7O. The molecule has 1 aliphatic rings. The second kappa shape index (κ2) is 9.59. The van der Waals surface area contributed by atoms with Gasteiger partial charge in [-0.1, -0.05) is 13.8 Å². The number of ether oxygens (including phenoxy) is 1. The van der Waals surface area contributed by atoms with Gasteiger partial charge in [0.25, 0.3) is 0 Å². The first kappa shape index (κ1) is 23.8. The molecule has 5 rings (SSSR count). The Balaban J connectivity index is 1.43. The molecule has 0 radical (unpaired) electrons. The van der Waals surface area contributed by atoms with Crippen molar-refractivity contribution in [3.8, 4) is 11.3 Å². The molecule has 0 spiro atoms. The topological polar surface area (TPSA) is 92.2 Å². The Hall–Kier alpha value is -2.97. The summed E-state index contributed by atoms with van der Waals surface area (Å²) < 4.78 is 7.36. The number of pyridine rings is 2. The van der Waals surface area contributed by atoms with Crippen LogP contribution in [0.3, 0.4) is 0 Å². The van der Waals surface area contributed by atoms with Crippen LogP contribution in [0, 0.1) is 13.8 Å². The van der Waals surface area contributed by atoms with Crippen LogP contribution in [0.2, 0.25) is 0 Å². The summed E-state index contributed by atoms with van der Waals surface area (Å²) in [7, 11) is 0. The van der Waals surface area contributed by atoms with Crippen LogP contribution in [-0.2, 0) is 4.74 Å². The Labute approximate surface area is 206 Å². The summed E-state index contributed by atoms with van der Waals surface area (Å²) in [5, 5.41) is 11.7. The van der Waals surface area contributed by atoms with E-state index < -0.39 is 0 Å². The van der Waals surface area contributed by atoms with Crippen molar-refractivity contribution in [2.75, 3.05) is 18.5 Å². The van der Waals surface area contributed by atoms with Crippen molar-refractivity contribution < 1.29 is 4.74 Å². The zero-order valence-corrected chi connectivity index (χ0v) is 21.6. The molecule has 3 N–H and O–H groups in total. The fraction of sp³-hybridized carbons (Fsp3) is 0.519. The molecule has 1 fully saturated rings. The molecule has 0 aromatic carbocycles. The third-order valence-electron chi connectivity index (χ3n) is 7.20. The summed E-state index contributed by atoms with van der Waals surface area (Å²) >= 11 is 0. The minimum atomic E-state index is 0.297. The Morgan fingerprint density at radius 1 is 1.14 bits per heavy atom. The van der Waals surface area contributed by atoms with Crippen molar-refractivity contribution in [2.45, 2.75) is 78.4 Å². The third-order valence-corrected chi connectivity index (χ3v) is 7.20. The first-order chi connectivity index (χ1) is 16.8. The van der Waals surface area contributed by atoms with Crippen molar-refractivity contribution >= 4 is 22.5 Å². The van der Waals surface area contributed by atoms with Gasteiger partial charge in [0.15, 0.2) is 5.65 Å². The molecule has 0 amide bonds. The predicted octanol–water partition coefficient (Wildman–Crippen LogP) is 4.97. The normalized spacial score (nSPS) is 18.1. The average Bonchev–Trinajstić information content (AvgIpc) is 3.55. The van der Waals surface area contributed by atoms with Gasteiger partial charge in [-0.2, -0.15) is 5.10 Å². The minimum absolute atomic E-state index is 0.297. The van der Waals surface area contributed by atoms with Crippen molar-refractivity contribution in [3.63, 3.8) is 0 Å². The number of aromatic nitrogens is 5. The van der Waals surface area contributed by atoms with Crippen LogP contribution >= 0.6 is 0 Å². The molecule has 0 saturated carbocycles. The highest BCUT2D eigenvalue weighted by atomic mass is 16.5. The van der Waals surface area contributed by atoms with E-state index in [2.05, 4.69) is 85.6 Å². The van der Waals surface area contributed by atoms with Crippen LogP contribution in [0.15, 0.2) is 24.7 Å². The molecule has 8 heteroatoms. The number of anilines is 1. The quantitative estimate of drug-likeness (QED) is 0.333. The molecular weight excluding hydrogens is 438 g/mol. The molecule has 0 bridgehead atoms. The van der Waals surface area contributed by atoms with Crippen LogP contribution in [0.25, 0.3) is 27.9 Å². The highest BCUT2D eigenvalue weighted by Crippen LogP contribution is 2.37. The fourth-order valence-corrected chi connectivity index (χ4v) is 5.37. The van der Waals surface area contributed by atoms with E-state index in [1.54, 1.807) is 6.33 Å². The standard InChI is InChI=1S/C27H37N7O/c1-15(2)24-25(21-12-34-27(28-14-29-34)19(6)18(21)5)32-22-7-8-23(33-26(22)24)31-17(4)11-16(3)30-20-9-10-35-13-20/h7-8,12,14-17,20,30,32H,9-11,13H2,1-6H3,(H,31,33)/t16-,17-,20?/m0/s1. The van der Waals surface area contributed by atoms with Crippen LogP contribution < -0.4 is 10.6 Å². The van der Waals surface area contributed by atoms with Gasteiger partial charge >= 0.3 is 0 Å². The van der Waals surface area contributed by atoms with Gasteiger partial charge in [0.2, 0.25) is 0 Å². The second-order valence-corrected chi connectivity index (χ2v) is 10.4. The van der Waals surface area contributed by atoms with E-state index in [9.17, 15) is 0 Å². The molecule has 3 atom stereocenters. The number of hydrogen-bond donors (Lipinski definition) is 3. The molecule has 1 unspecified atom stereocenters. The van der Waals surface area contributed by atoms with Crippen LogP contribution in [0.5, 0.6) is 0 Å². The molecule has 1 saturated heterocycles. The van der Waals surface area contributed by atoms with Crippen molar-refractivity contribution in [1.29, 1.82) is 0 Å². The molecule has 8 nitrogen and oxygen atoms in total. The zero-order chi connectivity index (χ0) is 24.7. The number of rotatable bonds is 8. The summed E-state index contributed by atoms with van der Waals surface area (Å²) in [6.07, 6.45) is 5.80. The van der Waals surface area contributed by atoms with Gasteiger partial charge in [-0.25, -0.2) is 14.5 Å². The lowest BCUT2D eigenvalue weighted by Gasteiger charge is -2.22. The largest absolute Gasteiger partial charge is 0.380 e. The van der Waals surface area contributed by atoms with Gasteiger partial charge in [-0.3, -0.25) is 0 Å². The Morgan fingerprint density at radius 2 is 1.97 bits per heavy atom. The molecule has 4 aromatic rings. The average molecular weight is 476 g/mol. The van der Waals surface area contributed by atoms with Gasteiger partial charge in [-0.15, -0.1) is 0 Å². The number of hydrogen-bond acceptors (Lipinski definition) is 6. The number of aromatic amines is 1. The summed E-state index contributed by atoms with van der Waals surface area (Å²) in [6, 6.07) is 5.40. The van der Waals surface area contributed by atoms with Crippen molar-refractivity contribution in [2.24, 2.45) is 0 Å². The smallest absolute Gasteiger partial charge is 0.158 e. The zero-order valence-electron chi connectivity index (χ0n) is 21.6. The number of fused-ring (bicyclic) bond motifs is 2. The van der Waals surface area contributed by atoms with Gasteiger partial charge in [-0.05, 0) is 69.7 Å². The lowest BCUT2D eigenvalue weighted by Crippen LogP contribution is -2.39. The lowest BCUT2D eigenvalue weighted by molar-refractivity contribution is 0.188. The maximum Gasteiger partial charge on any atom is 0.158 e. The van der Waals surface area contributed by atoms with E-state index in [0.29, 0.717) is 24.0 Å². The lowest BCUT2D eigenvalue weighted by atomic mass is 9.95. The van der Waals surface area contributed by atoms with E-state index in [-0.39, 0.29) is 0 Å². The summed E-state index contributed by atoms with van der Waals surface area (Å²) in [5.41, 5.74) is 8.81. The Morgan fingerprint density at radius 3 is 2.71 bits per heavy atom. The van der Waals surface area contributed by atoms with Crippen LogP contribution in [-0.4, -0.2) is 55.9 Å². The molecule has 186 valence electrons. The maximum atomic E-state index is 5.50. The van der Waals surface area contributed by atoms with E-state index >= 15 is 0 Å². The van der Waals surface area contributed by atoms with Crippen molar-refractivity contribution in [1.82, 2.24) is 29.9 Å². The number of nitrogens with one attached hydrogen (secondary N) is 3. The summed E-state index contributed by atoms with van der Waals surface area (Å²) in [6.45, 7) is 14.9. The molecule has 1 aliphatic heterocycles. The minimum Gasteiger partial charge on any atom is -0.380 e. The van der Waals surface area contributed by atoms with Crippen LogP contribution in [0.4, 0.5) is 5.82 Å². The van der Waals surface area contributed by atoms with Crippen LogP contribution in [0.1, 0.15) is 63.1 Å². The Kier molecular flexibility index (Phi) is 6.51. The molecule has 35 heavy (non-hydrogen) atoms. The molecule has 4 aromatic heterocycles. The summed E-state index contributed by atoms with van der Waals surface area (Å²) in [5.74, 6) is 1.22. The van der Waals surface area contributed by atoms with E-state index in [1.165, 1.54) is 11.1 Å². The molecule has 0 aliphatic carbocycles. The SMILES string of the molecule is Cc1c(-c2[nH]c3ccc(N[C@@H](C)C[C@H](C)NC4CCOC4)nc3c2C(C)C)cn2ncnc2c1C. The number of nitrogens with zero attached hydrogens (tertiary/aromatic N) is 4. The van der Waals surface area contributed by atoms with Gasteiger partial charge in [0.1, 0.15) is 12.1 Å². The highest BCUT2D eigenvalue weighted by Gasteiger charge is 2.22. The monoisotopic (exact) mass is 475 g/mol. The van der Waals surface area contributed by atoms with Gasteiger partial charge in [0, 0.05) is 42.1 Å². The predicted molar refractivity (Wildman–Crippen MR) is 141 cm³/mol. The summed E-state index contributed by atoms with van der Waals surface area (Å²) in [4.78, 5) is 13.2. The van der Waals surface area contributed by atoms with E-state index in [4.69, 9.17) is 9.72 Å². The third kappa shape index (κ3) is 4.65. The molecule has 5 heterocycles. The maximum absolute atomic E-state index is 5.50. The van der Waals surface area contributed by atoms with E-state index in [0.717, 1.165) is 65.4 Å². The fourth-order valence-electron chi connectivity index (χ4n) is 5.37. The van der Waals surface area contributed by atoms with Gasteiger partial charge < -0.3 is 20.4 Å².